The maximum absolute atomic E-state index is 11.5. The standard InChI is InChI=1S/C13H12O2/c1-9-11-6-4-3-5-10(11)7-8-12(9)13(14)15-2/h3-8H,1-2H3. The van der Waals surface area contributed by atoms with Gasteiger partial charge in [-0.3, -0.25) is 0 Å². The van der Waals surface area contributed by atoms with Crippen molar-refractivity contribution in [2.45, 2.75) is 6.92 Å². The van der Waals surface area contributed by atoms with Crippen LogP contribution < -0.4 is 0 Å². The second-order valence-corrected chi connectivity index (χ2v) is 3.45. The minimum atomic E-state index is -0.279. The Morgan fingerprint density at radius 3 is 2.60 bits per heavy atom. The van der Waals surface area contributed by atoms with Crippen molar-refractivity contribution in [1.82, 2.24) is 0 Å². The lowest BCUT2D eigenvalue weighted by Gasteiger charge is -2.07. The van der Waals surface area contributed by atoms with Crippen molar-refractivity contribution in [3.63, 3.8) is 0 Å². The van der Waals surface area contributed by atoms with Gasteiger partial charge in [0.2, 0.25) is 0 Å². The van der Waals surface area contributed by atoms with E-state index in [4.69, 9.17) is 4.74 Å². The number of methoxy groups -OCH3 is 1. The summed E-state index contributed by atoms with van der Waals surface area (Å²) in [6, 6.07) is 11.7. The van der Waals surface area contributed by atoms with E-state index in [9.17, 15) is 4.79 Å². The van der Waals surface area contributed by atoms with Gasteiger partial charge in [-0.15, -0.1) is 0 Å². The van der Waals surface area contributed by atoms with Crippen molar-refractivity contribution in [1.29, 1.82) is 0 Å². The second kappa shape index (κ2) is 3.73. The molecule has 0 N–H and O–H groups in total. The van der Waals surface area contributed by atoms with Crippen molar-refractivity contribution < 1.29 is 9.53 Å². The van der Waals surface area contributed by atoms with Crippen LogP contribution in [0.2, 0.25) is 0 Å². The van der Waals surface area contributed by atoms with E-state index in [1.54, 1.807) is 0 Å². The molecule has 76 valence electrons. The summed E-state index contributed by atoms with van der Waals surface area (Å²) in [6.45, 7) is 1.94. The highest BCUT2D eigenvalue weighted by Crippen LogP contribution is 2.21. The van der Waals surface area contributed by atoms with Gasteiger partial charge in [0.25, 0.3) is 0 Å². The summed E-state index contributed by atoms with van der Waals surface area (Å²) < 4.78 is 4.73. The molecule has 0 aromatic heterocycles. The van der Waals surface area contributed by atoms with Crippen LogP contribution in [0.4, 0.5) is 0 Å². The third-order valence-electron chi connectivity index (χ3n) is 2.60. The Balaban J connectivity index is 2.70. The molecule has 0 saturated heterocycles. The van der Waals surface area contributed by atoms with E-state index in [2.05, 4.69) is 0 Å². The van der Waals surface area contributed by atoms with Crippen molar-refractivity contribution in [3.05, 3.63) is 47.5 Å². The van der Waals surface area contributed by atoms with Crippen LogP contribution in [0.25, 0.3) is 10.8 Å². The fraction of sp³-hybridized carbons (Fsp3) is 0.154. The van der Waals surface area contributed by atoms with Crippen molar-refractivity contribution in [3.8, 4) is 0 Å². The Morgan fingerprint density at radius 2 is 1.87 bits per heavy atom. The van der Waals surface area contributed by atoms with Crippen molar-refractivity contribution >= 4 is 16.7 Å². The second-order valence-electron chi connectivity index (χ2n) is 3.45. The van der Waals surface area contributed by atoms with Gasteiger partial charge in [-0.2, -0.15) is 0 Å². The predicted molar refractivity (Wildman–Crippen MR) is 60.0 cm³/mol. The Hall–Kier alpha value is -1.83. The molecular weight excluding hydrogens is 188 g/mol. The summed E-state index contributed by atoms with van der Waals surface area (Å²) in [6.07, 6.45) is 0. The number of fused-ring (bicyclic) bond motifs is 1. The first kappa shape index (κ1) is 9.71. The molecular formula is C13H12O2. The highest BCUT2D eigenvalue weighted by Gasteiger charge is 2.10. The maximum Gasteiger partial charge on any atom is 0.338 e. The van der Waals surface area contributed by atoms with Crippen LogP contribution in [0, 0.1) is 6.92 Å². The summed E-state index contributed by atoms with van der Waals surface area (Å²) >= 11 is 0. The molecule has 0 bridgehead atoms. The SMILES string of the molecule is COC(=O)c1ccc2ccccc2c1C. The molecule has 0 amide bonds. The molecule has 15 heavy (non-hydrogen) atoms. The fourth-order valence-corrected chi connectivity index (χ4v) is 1.76. The molecule has 0 heterocycles. The van der Waals surface area contributed by atoms with Crippen LogP contribution in [0.1, 0.15) is 15.9 Å². The summed E-state index contributed by atoms with van der Waals surface area (Å²) in [7, 11) is 1.40. The molecule has 0 saturated carbocycles. The number of ether oxygens (including phenoxy) is 1. The quantitative estimate of drug-likeness (QED) is 0.661. The van der Waals surface area contributed by atoms with Crippen molar-refractivity contribution in [2.24, 2.45) is 0 Å². The van der Waals surface area contributed by atoms with Gasteiger partial charge in [-0.05, 0) is 29.3 Å². The first-order chi connectivity index (χ1) is 7.24. The van der Waals surface area contributed by atoms with E-state index in [0.717, 1.165) is 16.3 Å². The number of benzene rings is 2. The van der Waals surface area contributed by atoms with Crippen LogP contribution in [0.3, 0.4) is 0 Å². The molecule has 0 radical (unpaired) electrons. The number of carbonyl (C=O) groups is 1. The molecule has 0 unspecified atom stereocenters. The molecule has 2 aromatic rings. The summed E-state index contributed by atoms with van der Waals surface area (Å²) in [5.41, 5.74) is 1.61. The molecule has 0 aliphatic heterocycles. The van der Waals surface area contributed by atoms with E-state index in [0.29, 0.717) is 5.56 Å². The molecule has 0 fully saturated rings. The topological polar surface area (TPSA) is 26.3 Å². The average Bonchev–Trinajstić information content (AvgIpc) is 2.29. The zero-order chi connectivity index (χ0) is 10.8. The number of carbonyl (C=O) groups excluding carboxylic acids is 1. The van der Waals surface area contributed by atoms with Gasteiger partial charge in [-0.25, -0.2) is 4.79 Å². The third-order valence-corrected chi connectivity index (χ3v) is 2.60. The van der Waals surface area contributed by atoms with Crippen LogP contribution in [0.15, 0.2) is 36.4 Å². The van der Waals surface area contributed by atoms with E-state index in [1.807, 2.05) is 43.3 Å². The van der Waals surface area contributed by atoms with Crippen LogP contribution >= 0.6 is 0 Å². The van der Waals surface area contributed by atoms with E-state index in [1.165, 1.54) is 7.11 Å². The van der Waals surface area contributed by atoms with Gasteiger partial charge in [0.15, 0.2) is 0 Å². The highest BCUT2D eigenvalue weighted by atomic mass is 16.5. The van der Waals surface area contributed by atoms with Gasteiger partial charge in [0, 0.05) is 0 Å². The summed E-state index contributed by atoms with van der Waals surface area (Å²) in [5, 5.41) is 2.24. The van der Waals surface area contributed by atoms with E-state index < -0.39 is 0 Å². The van der Waals surface area contributed by atoms with Gasteiger partial charge < -0.3 is 4.74 Å². The van der Waals surface area contributed by atoms with E-state index in [-0.39, 0.29) is 5.97 Å². The number of rotatable bonds is 1. The van der Waals surface area contributed by atoms with Crippen LogP contribution in [0.5, 0.6) is 0 Å². The Bertz CT molecular complexity index is 515. The normalized spacial score (nSPS) is 10.3. The smallest absolute Gasteiger partial charge is 0.338 e. The number of aryl methyl sites for hydroxylation is 1. The Kier molecular flexibility index (Phi) is 2.42. The van der Waals surface area contributed by atoms with Gasteiger partial charge in [0.1, 0.15) is 0 Å². The lowest BCUT2D eigenvalue weighted by Crippen LogP contribution is -2.03. The van der Waals surface area contributed by atoms with Crippen LogP contribution in [-0.2, 0) is 4.74 Å². The first-order valence-electron chi connectivity index (χ1n) is 4.80. The van der Waals surface area contributed by atoms with Gasteiger partial charge in [0.05, 0.1) is 12.7 Å². The molecule has 2 rings (SSSR count). The third kappa shape index (κ3) is 1.59. The first-order valence-corrected chi connectivity index (χ1v) is 4.80. The number of hydrogen-bond donors (Lipinski definition) is 0. The fourth-order valence-electron chi connectivity index (χ4n) is 1.76. The highest BCUT2D eigenvalue weighted by molar-refractivity contribution is 5.98. The summed E-state index contributed by atoms with van der Waals surface area (Å²) in [4.78, 5) is 11.5. The lowest BCUT2D eigenvalue weighted by atomic mass is 10.0. The average molecular weight is 200 g/mol. The number of hydrogen-bond acceptors (Lipinski definition) is 2. The molecule has 0 aliphatic carbocycles. The maximum atomic E-state index is 11.5. The monoisotopic (exact) mass is 200 g/mol. The largest absolute Gasteiger partial charge is 0.465 e. The van der Waals surface area contributed by atoms with Crippen LogP contribution in [-0.4, -0.2) is 13.1 Å². The lowest BCUT2D eigenvalue weighted by molar-refractivity contribution is 0.0600. The number of esters is 1. The minimum Gasteiger partial charge on any atom is -0.465 e. The molecule has 2 heteroatoms. The zero-order valence-corrected chi connectivity index (χ0v) is 8.78. The zero-order valence-electron chi connectivity index (χ0n) is 8.78. The minimum absolute atomic E-state index is 0.279. The molecule has 2 aromatic carbocycles. The Morgan fingerprint density at radius 1 is 1.13 bits per heavy atom. The molecule has 2 nitrogen and oxygen atoms in total. The summed E-state index contributed by atoms with van der Waals surface area (Å²) in [5.74, 6) is -0.279. The Labute approximate surface area is 88.5 Å². The van der Waals surface area contributed by atoms with E-state index >= 15 is 0 Å². The van der Waals surface area contributed by atoms with Gasteiger partial charge in [-0.1, -0.05) is 30.3 Å². The molecule has 0 aliphatic rings. The molecule has 0 spiro atoms. The van der Waals surface area contributed by atoms with Crippen molar-refractivity contribution in [2.75, 3.05) is 7.11 Å². The predicted octanol–water partition coefficient (Wildman–Crippen LogP) is 2.93. The molecule has 0 atom stereocenters. The van der Waals surface area contributed by atoms with Gasteiger partial charge >= 0.3 is 5.97 Å².